The molecular formula is C19H15N3O3. The van der Waals surface area contributed by atoms with Crippen LogP contribution in [0, 0.1) is 0 Å². The standard InChI is InChI=1S/C19H15N3O3/c23-18(14-6-2-1-3-7-14)22-17(12-16-9-5-11-25-16)19(24)21-15-8-4-10-20-13-15/h1-13H,(H,21,24)(H,22,23)/b17-12+. The Balaban J connectivity index is 1.83. The first-order valence-corrected chi connectivity index (χ1v) is 7.55. The van der Waals surface area contributed by atoms with E-state index < -0.39 is 5.91 Å². The number of hydrogen-bond donors (Lipinski definition) is 2. The van der Waals surface area contributed by atoms with E-state index in [1.54, 1.807) is 54.7 Å². The second-order valence-corrected chi connectivity index (χ2v) is 5.09. The number of nitrogens with zero attached hydrogens (tertiary/aromatic N) is 1. The van der Waals surface area contributed by atoms with E-state index in [4.69, 9.17) is 4.42 Å². The lowest BCUT2D eigenvalue weighted by Gasteiger charge is -2.10. The van der Waals surface area contributed by atoms with E-state index in [9.17, 15) is 9.59 Å². The molecule has 0 aliphatic carbocycles. The fraction of sp³-hybridized carbons (Fsp3) is 0. The van der Waals surface area contributed by atoms with Crippen LogP contribution in [0.15, 0.2) is 83.4 Å². The van der Waals surface area contributed by atoms with Crippen molar-refractivity contribution >= 4 is 23.6 Å². The van der Waals surface area contributed by atoms with Crippen molar-refractivity contribution in [3.63, 3.8) is 0 Å². The van der Waals surface area contributed by atoms with Crippen molar-refractivity contribution in [1.82, 2.24) is 10.3 Å². The summed E-state index contributed by atoms with van der Waals surface area (Å²) < 4.78 is 5.23. The Bertz CT molecular complexity index is 873. The Morgan fingerprint density at radius 3 is 2.52 bits per heavy atom. The number of hydrogen-bond acceptors (Lipinski definition) is 4. The maximum absolute atomic E-state index is 12.5. The average molecular weight is 333 g/mol. The van der Waals surface area contributed by atoms with Gasteiger partial charge in [-0.3, -0.25) is 14.6 Å². The van der Waals surface area contributed by atoms with Crippen LogP contribution in [0.3, 0.4) is 0 Å². The largest absolute Gasteiger partial charge is 0.465 e. The predicted octanol–water partition coefficient (Wildman–Crippen LogP) is 3.08. The lowest BCUT2D eigenvalue weighted by atomic mass is 10.2. The van der Waals surface area contributed by atoms with Gasteiger partial charge in [0, 0.05) is 17.8 Å². The van der Waals surface area contributed by atoms with Crippen LogP contribution in [0.5, 0.6) is 0 Å². The highest BCUT2D eigenvalue weighted by molar-refractivity contribution is 6.10. The molecule has 0 fully saturated rings. The number of amides is 2. The van der Waals surface area contributed by atoms with Crippen LogP contribution in [-0.2, 0) is 4.79 Å². The third-order valence-electron chi connectivity index (χ3n) is 3.28. The number of furan rings is 1. The molecule has 124 valence electrons. The molecule has 2 N–H and O–H groups in total. The molecule has 0 aliphatic rings. The maximum Gasteiger partial charge on any atom is 0.272 e. The van der Waals surface area contributed by atoms with Gasteiger partial charge < -0.3 is 15.1 Å². The summed E-state index contributed by atoms with van der Waals surface area (Å²) in [6.45, 7) is 0. The van der Waals surface area contributed by atoms with Crippen LogP contribution in [0.4, 0.5) is 5.69 Å². The Morgan fingerprint density at radius 1 is 1.00 bits per heavy atom. The zero-order chi connectivity index (χ0) is 17.5. The van der Waals surface area contributed by atoms with Crippen molar-refractivity contribution in [3.05, 3.63) is 90.3 Å². The van der Waals surface area contributed by atoms with Gasteiger partial charge in [0.05, 0.1) is 18.1 Å². The Kier molecular flexibility index (Phi) is 5.01. The highest BCUT2D eigenvalue weighted by Crippen LogP contribution is 2.10. The van der Waals surface area contributed by atoms with Crippen LogP contribution >= 0.6 is 0 Å². The Morgan fingerprint density at radius 2 is 1.84 bits per heavy atom. The van der Waals surface area contributed by atoms with Crippen LogP contribution < -0.4 is 10.6 Å². The van der Waals surface area contributed by atoms with Crippen molar-refractivity contribution in [2.75, 3.05) is 5.32 Å². The fourth-order valence-electron chi connectivity index (χ4n) is 2.09. The minimum Gasteiger partial charge on any atom is -0.465 e. The van der Waals surface area contributed by atoms with Gasteiger partial charge in [-0.2, -0.15) is 0 Å². The minimum absolute atomic E-state index is 0.0626. The molecule has 0 radical (unpaired) electrons. The van der Waals surface area contributed by atoms with E-state index in [0.29, 0.717) is 17.0 Å². The molecular weight excluding hydrogens is 318 g/mol. The SMILES string of the molecule is O=C(Nc1cccnc1)/C(=C\c1ccco1)NC(=O)c1ccccc1. The highest BCUT2D eigenvalue weighted by atomic mass is 16.3. The smallest absolute Gasteiger partial charge is 0.272 e. The number of anilines is 1. The topological polar surface area (TPSA) is 84.2 Å². The molecule has 2 aromatic heterocycles. The lowest BCUT2D eigenvalue weighted by Crippen LogP contribution is -2.30. The number of carbonyl (C=O) groups excluding carboxylic acids is 2. The van der Waals surface area contributed by atoms with E-state index >= 15 is 0 Å². The second kappa shape index (κ2) is 7.74. The highest BCUT2D eigenvalue weighted by Gasteiger charge is 2.15. The summed E-state index contributed by atoms with van der Waals surface area (Å²) >= 11 is 0. The van der Waals surface area contributed by atoms with Gasteiger partial charge in [0.1, 0.15) is 11.5 Å². The summed E-state index contributed by atoms with van der Waals surface area (Å²) in [5.74, 6) is -0.418. The summed E-state index contributed by atoms with van der Waals surface area (Å²) in [6.07, 6.45) is 6.07. The molecule has 3 rings (SSSR count). The van der Waals surface area contributed by atoms with Crippen molar-refractivity contribution in [1.29, 1.82) is 0 Å². The summed E-state index contributed by atoms with van der Waals surface area (Å²) in [7, 11) is 0. The summed E-state index contributed by atoms with van der Waals surface area (Å²) in [5.41, 5.74) is 1.03. The molecule has 25 heavy (non-hydrogen) atoms. The van der Waals surface area contributed by atoms with Crippen molar-refractivity contribution < 1.29 is 14.0 Å². The summed E-state index contributed by atoms with van der Waals surface area (Å²) in [6, 6.07) is 15.4. The van der Waals surface area contributed by atoms with Gasteiger partial charge in [-0.1, -0.05) is 18.2 Å². The van der Waals surface area contributed by atoms with Gasteiger partial charge >= 0.3 is 0 Å². The van der Waals surface area contributed by atoms with Crippen LogP contribution in [0.1, 0.15) is 16.1 Å². The molecule has 0 saturated heterocycles. The first-order valence-electron chi connectivity index (χ1n) is 7.55. The van der Waals surface area contributed by atoms with Gasteiger partial charge in [-0.25, -0.2) is 0 Å². The van der Waals surface area contributed by atoms with Crippen LogP contribution in [0.2, 0.25) is 0 Å². The number of aromatic nitrogens is 1. The average Bonchev–Trinajstić information content (AvgIpc) is 3.16. The number of carbonyl (C=O) groups is 2. The normalized spacial score (nSPS) is 11.0. The Labute approximate surface area is 144 Å². The third kappa shape index (κ3) is 4.42. The summed E-state index contributed by atoms with van der Waals surface area (Å²) in [4.78, 5) is 28.8. The molecule has 0 bridgehead atoms. The molecule has 2 heterocycles. The first-order chi connectivity index (χ1) is 12.2. The predicted molar refractivity (Wildman–Crippen MR) is 93.5 cm³/mol. The zero-order valence-electron chi connectivity index (χ0n) is 13.2. The van der Waals surface area contributed by atoms with Crippen LogP contribution in [-0.4, -0.2) is 16.8 Å². The molecule has 0 spiro atoms. The molecule has 0 unspecified atom stereocenters. The number of rotatable bonds is 5. The van der Waals surface area contributed by atoms with E-state index in [1.807, 2.05) is 6.07 Å². The van der Waals surface area contributed by atoms with Gasteiger partial charge in [0.25, 0.3) is 11.8 Å². The monoisotopic (exact) mass is 333 g/mol. The second-order valence-electron chi connectivity index (χ2n) is 5.09. The zero-order valence-corrected chi connectivity index (χ0v) is 13.2. The molecule has 0 aliphatic heterocycles. The number of pyridine rings is 1. The van der Waals surface area contributed by atoms with Crippen molar-refractivity contribution in [3.8, 4) is 0 Å². The number of benzene rings is 1. The molecule has 0 saturated carbocycles. The Hall–Kier alpha value is -3.67. The lowest BCUT2D eigenvalue weighted by molar-refractivity contribution is -0.113. The van der Waals surface area contributed by atoms with E-state index in [1.165, 1.54) is 18.5 Å². The molecule has 6 heteroatoms. The molecule has 1 aromatic carbocycles. The van der Waals surface area contributed by atoms with E-state index in [2.05, 4.69) is 15.6 Å². The van der Waals surface area contributed by atoms with E-state index in [-0.39, 0.29) is 11.6 Å². The van der Waals surface area contributed by atoms with E-state index in [0.717, 1.165) is 0 Å². The van der Waals surface area contributed by atoms with Crippen LogP contribution in [0.25, 0.3) is 6.08 Å². The van der Waals surface area contributed by atoms with Crippen molar-refractivity contribution in [2.24, 2.45) is 0 Å². The first kappa shape index (κ1) is 16.2. The van der Waals surface area contributed by atoms with Gasteiger partial charge in [-0.15, -0.1) is 0 Å². The molecule has 2 amide bonds. The maximum atomic E-state index is 12.5. The molecule has 0 atom stereocenters. The minimum atomic E-state index is -0.478. The molecule has 6 nitrogen and oxygen atoms in total. The van der Waals surface area contributed by atoms with Gasteiger partial charge in [0.2, 0.25) is 0 Å². The third-order valence-corrected chi connectivity index (χ3v) is 3.28. The summed E-state index contributed by atoms with van der Waals surface area (Å²) in [5, 5.41) is 5.31. The number of nitrogens with one attached hydrogen (secondary N) is 2. The van der Waals surface area contributed by atoms with Gasteiger partial charge in [-0.05, 0) is 36.4 Å². The van der Waals surface area contributed by atoms with Crippen molar-refractivity contribution in [2.45, 2.75) is 0 Å². The molecule has 3 aromatic rings. The van der Waals surface area contributed by atoms with Gasteiger partial charge in [0.15, 0.2) is 0 Å². The quantitative estimate of drug-likeness (QED) is 0.703. The fourth-order valence-corrected chi connectivity index (χ4v) is 2.09.